The molecule has 0 radical (unpaired) electrons. The van der Waals surface area contributed by atoms with E-state index in [1.807, 2.05) is 0 Å². The Kier molecular flexibility index (Phi) is 3.71. The molecule has 2 aliphatic rings. The van der Waals surface area contributed by atoms with Gasteiger partial charge in [0, 0.05) is 11.8 Å². The first-order valence-electron chi connectivity index (χ1n) is 7.88. The first-order chi connectivity index (χ1) is 12.6. The highest BCUT2D eigenvalue weighted by Crippen LogP contribution is 2.48. The smallest absolute Gasteiger partial charge is 0.326 e. The fourth-order valence-electron chi connectivity index (χ4n) is 2.93. The zero-order chi connectivity index (χ0) is 19.6. The van der Waals surface area contributed by atoms with Gasteiger partial charge < -0.3 is 9.84 Å². The number of rotatable bonds is 4. The van der Waals surface area contributed by atoms with Crippen molar-refractivity contribution in [2.24, 2.45) is 5.92 Å². The van der Waals surface area contributed by atoms with Crippen LogP contribution in [-0.2, 0) is 15.0 Å². The molecule has 1 heterocycles. The minimum Gasteiger partial charge on any atom is -0.506 e. The Hall–Kier alpha value is -2.69. The number of hydrogen-bond donors (Lipinski definition) is 2. The summed E-state index contributed by atoms with van der Waals surface area (Å²) in [6.07, 6.45) is -0.263. The van der Waals surface area contributed by atoms with E-state index in [4.69, 9.17) is 4.74 Å². The molecular weight excluding hydrogens is 389 g/mol. The predicted octanol–water partition coefficient (Wildman–Crippen LogP) is 1.90. The van der Waals surface area contributed by atoms with Crippen LogP contribution in [0.25, 0.3) is 10.8 Å². The van der Waals surface area contributed by atoms with Crippen LogP contribution in [0.3, 0.4) is 0 Å². The lowest BCUT2D eigenvalue weighted by atomic mass is 10.1. The minimum absolute atomic E-state index is 0.0857. The second-order valence-corrected chi connectivity index (χ2v) is 8.05. The van der Waals surface area contributed by atoms with E-state index < -0.39 is 51.8 Å². The maximum Gasteiger partial charge on any atom is 0.326 e. The predicted molar refractivity (Wildman–Crippen MR) is 88.5 cm³/mol. The normalized spacial score (nSPS) is 22.7. The average Bonchev–Trinajstić information content (AvgIpc) is 3.08. The fraction of sp³-hybridized carbons (Fsp3) is 0.312. The molecule has 2 N–H and O–H groups in total. The van der Waals surface area contributed by atoms with Crippen molar-refractivity contribution in [3.63, 3.8) is 0 Å². The molecule has 1 atom stereocenters. The Balaban J connectivity index is 1.72. The van der Waals surface area contributed by atoms with E-state index >= 15 is 0 Å². The van der Waals surface area contributed by atoms with Gasteiger partial charge in [-0.25, -0.2) is 22.2 Å². The molecule has 144 valence electrons. The van der Waals surface area contributed by atoms with Crippen LogP contribution in [-0.4, -0.2) is 38.5 Å². The molecule has 1 amide bonds. The minimum atomic E-state index is -4.32. The molecule has 2 fully saturated rings. The van der Waals surface area contributed by atoms with Crippen molar-refractivity contribution in [2.45, 2.75) is 12.3 Å². The third kappa shape index (κ3) is 3.01. The molecule has 11 heteroatoms. The summed E-state index contributed by atoms with van der Waals surface area (Å²) >= 11 is 0. The van der Waals surface area contributed by atoms with E-state index in [2.05, 4.69) is 0 Å². The molecule has 7 nitrogen and oxygen atoms in total. The van der Waals surface area contributed by atoms with Gasteiger partial charge in [0.25, 0.3) is 11.8 Å². The van der Waals surface area contributed by atoms with Crippen LogP contribution in [0.2, 0.25) is 0 Å². The highest BCUT2D eigenvalue weighted by Gasteiger charge is 2.57. The van der Waals surface area contributed by atoms with Crippen molar-refractivity contribution in [2.75, 3.05) is 17.5 Å². The average molecular weight is 402 g/mol. The summed E-state index contributed by atoms with van der Waals surface area (Å²) in [7, 11) is -4.32. The summed E-state index contributed by atoms with van der Waals surface area (Å²) in [4.78, 5) is 11.4. The third-order valence-electron chi connectivity index (χ3n) is 4.48. The zero-order valence-corrected chi connectivity index (χ0v) is 14.4. The number of ether oxygens (including phenoxy) is 1. The molecule has 0 spiro atoms. The molecule has 27 heavy (non-hydrogen) atoms. The van der Waals surface area contributed by atoms with Crippen LogP contribution in [0.15, 0.2) is 24.3 Å². The third-order valence-corrected chi connectivity index (χ3v) is 5.86. The van der Waals surface area contributed by atoms with Crippen LogP contribution in [0.4, 0.5) is 18.9 Å². The number of fused-ring (bicyclic) bond motifs is 1. The molecule has 2 aromatic rings. The molecule has 2 aromatic carbocycles. The molecule has 1 aliphatic carbocycles. The van der Waals surface area contributed by atoms with Crippen LogP contribution < -0.4 is 13.8 Å². The number of anilines is 1. The van der Waals surface area contributed by atoms with Gasteiger partial charge in [-0.2, -0.15) is 8.42 Å². The molecule has 0 aromatic heterocycles. The maximum absolute atomic E-state index is 15.0. The van der Waals surface area contributed by atoms with Gasteiger partial charge in [-0.3, -0.25) is 4.79 Å². The number of halogens is 3. The summed E-state index contributed by atoms with van der Waals surface area (Å²) in [6, 6.07) is 5.21. The van der Waals surface area contributed by atoms with Crippen molar-refractivity contribution in [3.8, 4) is 11.5 Å². The number of carbonyl (C=O) groups excluding carboxylic acids is 1. The number of benzene rings is 2. The van der Waals surface area contributed by atoms with Gasteiger partial charge in [-0.1, -0.05) is 6.07 Å². The topological polar surface area (TPSA) is 95.9 Å². The molecular formula is C16H13F3N2O5S. The highest BCUT2D eigenvalue weighted by molar-refractivity contribution is 7.92. The Morgan fingerprint density at radius 2 is 2.04 bits per heavy atom. The van der Waals surface area contributed by atoms with E-state index in [0.717, 1.165) is 6.07 Å². The number of nitrogens with one attached hydrogen (secondary N) is 1. The van der Waals surface area contributed by atoms with Crippen molar-refractivity contribution >= 4 is 32.6 Å². The van der Waals surface area contributed by atoms with Crippen LogP contribution in [0.1, 0.15) is 6.42 Å². The first kappa shape index (κ1) is 17.7. The summed E-state index contributed by atoms with van der Waals surface area (Å²) < 4.78 is 72.1. The fourth-order valence-corrected chi connectivity index (χ4v) is 4.09. The molecule has 1 saturated carbocycles. The van der Waals surface area contributed by atoms with E-state index in [0.29, 0.717) is 4.31 Å². The van der Waals surface area contributed by atoms with Gasteiger partial charge >= 0.3 is 10.2 Å². The van der Waals surface area contributed by atoms with Gasteiger partial charge in [-0.05, 0) is 23.6 Å². The second-order valence-electron chi connectivity index (χ2n) is 6.45. The largest absolute Gasteiger partial charge is 0.506 e. The Labute approximate surface area is 151 Å². The lowest BCUT2D eigenvalue weighted by Gasteiger charge is -2.18. The lowest BCUT2D eigenvalue weighted by Crippen LogP contribution is -2.30. The molecule has 1 unspecified atom stereocenters. The van der Waals surface area contributed by atoms with Crippen molar-refractivity contribution in [1.29, 1.82) is 0 Å². The molecule has 1 saturated heterocycles. The number of amides is 1. The van der Waals surface area contributed by atoms with Gasteiger partial charge in [-0.15, -0.1) is 0 Å². The summed E-state index contributed by atoms with van der Waals surface area (Å²) in [5, 5.41) is 10.2. The van der Waals surface area contributed by atoms with Gasteiger partial charge in [0.1, 0.15) is 23.7 Å². The number of carbonyl (C=O) groups is 1. The molecule has 1 aliphatic heterocycles. The lowest BCUT2D eigenvalue weighted by molar-refractivity contribution is -0.117. The number of aromatic hydroxyl groups is 1. The van der Waals surface area contributed by atoms with E-state index in [-0.39, 0.29) is 29.5 Å². The standard InChI is InChI=1S/C16H13F3N2O5S/c17-14-11-4-10(26-7-9-5-16(9,18)19)2-1-8(11)3-12(22)15(14)21-6-13(23)20-27(21,24)25/h1-4,9,22H,5-7H2,(H,20,23). The number of alkyl halides is 2. The molecule has 0 bridgehead atoms. The zero-order valence-electron chi connectivity index (χ0n) is 13.6. The number of phenolic OH excluding ortho intramolecular Hbond substituents is 1. The van der Waals surface area contributed by atoms with Gasteiger partial charge in [0.2, 0.25) is 0 Å². The van der Waals surface area contributed by atoms with E-state index in [1.54, 1.807) is 4.72 Å². The highest BCUT2D eigenvalue weighted by atomic mass is 32.2. The Morgan fingerprint density at radius 1 is 1.33 bits per heavy atom. The van der Waals surface area contributed by atoms with E-state index in [1.165, 1.54) is 18.2 Å². The van der Waals surface area contributed by atoms with Crippen molar-refractivity contribution in [3.05, 3.63) is 30.1 Å². The van der Waals surface area contributed by atoms with Crippen molar-refractivity contribution in [1.82, 2.24) is 4.72 Å². The number of hydrogen-bond acceptors (Lipinski definition) is 5. The SMILES string of the molecule is O=C1CN(c2c(O)cc3ccc(OCC4CC4(F)F)cc3c2F)S(=O)(=O)N1. The van der Waals surface area contributed by atoms with Crippen molar-refractivity contribution < 1.29 is 36.2 Å². The summed E-state index contributed by atoms with van der Waals surface area (Å²) in [6.45, 7) is -0.907. The number of phenols is 1. The van der Waals surface area contributed by atoms with Gasteiger partial charge in [0.05, 0.1) is 12.5 Å². The van der Waals surface area contributed by atoms with Crippen LogP contribution >= 0.6 is 0 Å². The quantitative estimate of drug-likeness (QED) is 0.815. The van der Waals surface area contributed by atoms with Gasteiger partial charge in [0.15, 0.2) is 5.82 Å². The van der Waals surface area contributed by atoms with Crippen LogP contribution in [0.5, 0.6) is 11.5 Å². The Bertz CT molecular complexity index is 1070. The molecule has 4 rings (SSSR count). The van der Waals surface area contributed by atoms with Crippen LogP contribution in [0, 0.1) is 11.7 Å². The summed E-state index contributed by atoms with van der Waals surface area (Å²) in [5.74, 6) is -6.11. The number of nitrogens with zero attached hydrogens (tertiary/aromatic N) is 1. The van der Waals surface area contributed by atoms with E-state index in [9.17, 15) is 31.5 Å². The Morgan fingerprint density at radius 3 is 2.63 bits per heavy atom. The monoisotopic (exact) mass is 402 g/mol. The first-order valence-corrected chi connectivity index (χ1v) is 9.32. The maximum atomic E-state index is 15.0. The summed E-state index contributed by atoms with van der Waals surface area (Å²) in [5.41, 5.74) is -0.674. The second kappa shape index (κ2) is 5.65.